The summed E-state index contributed by atoms with van der Waals surface area (Å²) in [4.78, 5) is 11.8. The zero-order valence-corrected chi connectivity index (χ0v) is 12.0. The predicted molar refractivity (Wildman–Crippen MR) is 73.4 cm³/mol. The maximum absolute atomic E-state index is 13.5. The van der Waals surface area contributed by atoms with Gasteiger partial charge in [0.05, 0.1) is 15.1 Å². The van der Waals surface area contributed by atoms with Crippen LogP contribution < -0.4 is 5.32 Å². The Bertz CT molecular complexity index is 694. The molecule has 2 nitrogen and oxygen atoms in total. The van der Waals surface area contributed by atoms with Gasteiger partial charge in [-0.15, -0.1) is 0 Å². The fraction of sp³-hybridized carbons (Fsp3) is 0. The van der Waals surface area contributed by atoms with Crippen LogP contribution in [0.3, 0.4) is 0 Å². The Hall–Kier alpha value is -1.53. The number of hydrogen-bond acceptors (Lipinski definition) is 1. The fourth-order valence-electron chi connectivity index (χ4n) is 1.47. The van der Waals surface area contributed by atoms with E-state index in [9.17, 15) is 18.0 Å². The highest BCUT2D eigenvalue weighted by Crippen LogP contribution is 2.22. The minimum Gasteiger partial charge on any atom is -0.322 e. The van der Waals surface area contributed by atoms with Crippen LogP contribution in [-0.2, 0) is 0 Å². The van der Waals surface area contributed by atoms with Crippen molar-refractivity contribution in [2.24, 2.45) is 0 Å². The van der Waals surface area contributed by atoms with Gasteiger partial charge in [0, 0.05) is 5.69 Å². The number of rotatable bonds is 2. The molecule has 2 aromatic carbocycles. The molecule has 0 aromatic heterocycles. The molecule has 0 bridgehead atoms. The Morgan fingerprint density at radius 2 is 1.75 bits per heavy atom. The molecule has 2 rings (SSSR count). The molecule has 7 heteroatoms. The molecule has 0 saturated heterocycles. The third-order valence-corrected chi connectivity index (χ3v) is 3.36. The summed E-state index contributed by atoms with van der Waals surface area (Å²) in [6.45, 7) is 0. The van der Waals surface area contributed by atoms with Crippen molar-refractivity contribution in [3.63, 3.8) is 0 Å². The third kappa shape index (κ3) is 3.13. The first-order chi connectivity index (χ1) is 9.38. The molecule has 0 atom stereocenters. The first kappa shape index (κ1) is 14.9. The van der Waals surface area contributed by atoms with Gasteiger partial charge in [-0.3, -0.25) is 4.79 Å². The van der Waals surface area contributed by atoms with Gasteiger partial charge in [0.15, 0.2) is 0 Å². The van der Waals surface area contributed by atoms with Gasteiger partial charge in [-0.1, -0.05) is 11.6 Å². The zero-order chi connectivity index (χ0) is 14.9. The van der Waals surface area contributed by atoms with Crippen LogP contribution in [-0.4, -0.2) is 5.91 Å². The quantitative estimate of drug-likeness (QED) is 0.764. The second kappa shape index (κ2) is 5.85. The minimum absolute atomic E-state index is 0.116. The molecule has 104 valence electrons. The number of halogens is 5. The topological polar surface area (TPSA) is 29.1 Å². The summed E-state index contributed by atoms with van der Waals surface area (Å²) in [6.07, 6.45) is 0. The van der Waals surface area contributed by atoms with E-state index in [0.29, 0.717) is 12.1 Å². The molecule has 0 heterocycles. The van der Waals surface area contributed by atoms with Crippen molar-refractivity contribution < 1.29 is 18.0 Å². The molecular weight excluding hydrogens is 359 g/mol. The Kier molecular flexibility index (Phi) is 4.35. The lowest BCUT2D eigenvalue weighted by Gasteiger charge is -2.07. The largest absolute Gasteiger partial charge is 0.322 e. The monoisotopic (exact) mass is 363 g/mol. The highest BCUT2D eigenvalue weighted by atomic mass is 79.9. The third-order valence-electron chi connectivity index (χ3n) is 2.43. The number of anilines is 1. The number of carbonyl (C=O) groups is 1. The van der Waals surface area contributed by atoms with Crippen molar-refractivity contribution >= 4 is 39.1 Å². The second-order valence-electron chi connectivity index (χ2n) is 3.83. The molecule has 0 aliphatic heterocycles. The Morgan fingerprint density at radius 3 is 2.40 bits per heavy atom. The number of carbonyl (C=O) groups excluding carboxylic acids is 1. The molecule has 0 aliphatic carbocycles. The second-order valence-corrected chi connectivity index (χ2v) is 5.09. The van der Waals surface area contributed by atoms with Crippen molar-refractivity contribution in [1.82, 2.24) is 0 Å². The van der Waals surface area contributed by atoms with Crippen LogP contribution in [0.2, 0.25) is 5.02 Å². The average Bonchev–Trinajstić information content (AvgIpc) is 2.38. The van der Waals surface area contributed by atoms with E-state index in [1.165, 1.54) is 12.1 Å². The summed E-state index contributed by atoms with van der Waals surface area (Å²) in [7, 11) is 0. The summed E-state index contributed by atoms with van der Waals surface area (Å²) in [5.41, 5.74) is -0.402. The Labute approximate surface area is 125 Å². The Morgan fingerprint density at radius 1 is 1.05 bits per heavy atom. The lowest BCUT2D eigenvalue weighted by atomic mass is 10.2. The van der Waals surface area contributed by atoms with Crippen LogP contribution >= 0.6 is 27.5 Å². The molecule has 0 aliphatic rings. The van der Waals surface area contributed by atoms with E-state index >= 15 is 0 Å². The Balaban J connectivity index is 2.28. The lowest BCUT2D eigenvalue weighted by molar-refractivity contribution is 0.102. The van der Waals surface area contributed by atoms with Gasteiger partial charge in [0.2, 0.25) is 0 Å². The van der Waals surface area contributed by atoms with Crippen LogP contribution in [0.1, 0.15) is 10.4 Å². The average molecular weight is 365 g/mol. The smallest absolute Gasteiger partial charge is 0.258 e. The van der Waals surface area contributed by atoms with Crippen LogP contribution in [0.15, 0.2) is 34.8 Å². The van der Waals surface area contributed by atoms with E-state index in [1.807, 2.05) is 0 Å². The molecule has 0 saturated carbocycles. The van der Waals surface area contributed by atoms with E-state index in [2.05, 4.69) is 21.2 Å². The maximum Gasteiger partial charge on any atom is 0.258 e. The summed E-state index contributed by atoms with van der Waals surface area (Å²) in [5, 5.41) is 1.84. The van der Waals surface area contributed by atoms with Crippen LogP contribution in [0, 0.1) is 17.5 Å². The summed E-state index contributed by atoms with van der Waals surface area (Å²) in [6, 6.07) is 5.22. The fourth-order valence-corrected chi connectivity index (χ4v) is 1.87. The molecule has 0 unspecified atom stereocenters. The molecule has 1 amide bonds. The number of hydrogen-bond donors (Lipinski definition) is 1. The standard InChI is InChI=1S/C13H6BrClF3NO/c14-8-2-1-6(3-11(8)17)19-13(20)7-4-12(18)9(15)5-10(7)16/h1-5H,(H,19,20). The summed E-state index contributed by atoms with van der Waals surface area (Å²) < 4.78 is 40.3. The van der Waals surface area contributed by atoms with Crippen LogP contribution in [0.4, 0.5) is 18.9 Å². The van der Waals surface area contributed by atoms with Crippen molar-refractivity contribution in [2.75, 3.05) is 5.32 Å². The van der Waals surface area contributed by atoms with Gasteiger partial charge >= 0.3 is 0 Å². The van der Waals surface area contributed by atoms with E-state index in [1.54, 1.807) is 0 Å². The van der Waals surface area contributed by atoms with Crippen molar-refractivity contribution in [2.45, 2.75) is 0 Å². The van der Waals surface area contributed by atoms with Gasteiger partial charge in [-0.2, -0.15) is 0 Å². The van der Waals surface area contributed by atoms with Gasteiger partial charge in [-0.25, -0.2) is 13.2 Å². The van der Waals surface area contributed by atoms with Crippen molar-refractivity contribution in [3.05, 3.63) is 62.8 Å². The first-order valence-corrected chi connectivity index (χ1v) is 6.46. The maximum atomic E-state index is 13.5. The van der Waals surface area contributed by atoms with Gasteiger partial charge in [0.25, 0.3) is 5.91 Å². The molecule has 0 fully saturated rings. The molecule has 0 spiro atoms. The zero-order valence-electron chi connectivity index (χ0n) is 9.68. The highest BCUT2D eigenvalue weighted by Gasteiger charge is 2.16. The molecule has 20 heavy (non-hydrogen) atoms. The highest BCUT2D eigenvalue weighted by molar-refractivity contribution is 9.10. The van der Waals surface area contributed by atoms with E-state index in [-0.39, 0.29) is 10.2 Å². The lowest BCUT2D eigenvalue weighted by Crippen LogP contribution is -2.14. The normalized spacial score (nSPS) is 10.4. The van der Waals surface area contributed by atoms with Gasteiger partial charge < -0.3 is 5.32 Å². The van der Waals surface area contributed by atoms with Crippen molar-refractivity contribution in [3.8, 4) is 0 Å². The van der Waals surface area contributed by atoms with Gasteiger partial charge in [0.1, 0.15) is 17.5 Å². The SMILES string of the molecule is O=C(Nc1ccc(Br)c(F)c1)c1cc(F)c(Cl)cc1F. The van der Waals surface area contributed by atoms with E-state index in [0.717, 1.165) is 6.07 Å². The van der Waals surface area contributed by atoms with Gasteiger partial charge in [-0.05, 0) is 46.3 Å². The molecule has 2 aromatic rings. The molecule has 1 N–H and O–H groups in total. The van der Waals surface area contributed by atoms with Crippen LogP contribution in [0.5, 0.6) is 0 Å². The predicted octanol–water partition coefficient (Wildman–Crippen LogP) is 4.77. The first-order valence-electron chi connectivity index (χ1n) is 5.29. The summed E-state index contributed by atoms with van der Waals surface area (Å²) in [5.74, 6) is -3.38. The number of benzene rings is 2. The molecule has 0 radical (unpaired) electrons. The molecular formula is C13H6BrClF3NO. The van der Waals surface area contributed by atoms with E-state index < -0.39 is 33.9 Å². The minimum atomic E-state index is -0.966. The number of nitrogens with one attached hydrogen (secondary N) is 1. The van der Waals surface area contributed by atoms with Crippen LogP contribution in [0.25, 0.3) is 0 Å². The summed E-state index contributed by atoms with van der Waals surface area (Å²) >= 11 is 8.35. The van der Waals surface area contributed by atoms with E-state index in [4.69, 9.17) is 11.6 Å². The van der Waals surface area contributed by atoms with Crippen molar-refractivity contribution in [1.29, 1.82) is 0 Å². The number of amides is 1.